The molecular formula is C19H15ClN4O6. The van der Waals surface area contributed by atoms with Gasteiger partial charge >= 0.3 is 0 Å². The number of nitrogens with zero attached hydrogens (tertiary/aromatic N) is 2. The maximum Gasteiger partial charge on any atom is 0.270 e. The molecule has 1 heterocycles. The quantitative estimate of drug-likeness (QED) is 0.294. The second kappa shape index (κ2) is 8.70. The van der Waals surface area contributed by atoms with Crippen LogP contribution >= 0.6 is 11.6 Å². The van der Waals surface area contributed by atoms with Crippen molar-refractivity contribution in [3.63, 3.8) is 0 Å². The minimum Gasteiger partial charge on any atom is -0.353 e. The molecule has 0 aromatic heterocycles. The van der Waals surface area contributed by atoms with Crippen molar-refractivity contribution in [2.75, 3.05) is 19.6 Å². The molecule has 11 heteroatoms. The molecule has 0 fully saturated rings. The van der Waals surface area contributed by atoms with Crippen LogP contribution in [0.4, 0.5) is 5.69 Å². The van der Waals surface area contributed by atoms with E-state index in [4.69, 9.17) is 11.6 Å². The van der Waals surface area contributed by atoms with Gasteiger partial charge in [0.25, 0.3) is 23.4 Å². The number of imide groups is 1. The van der Waals surface area contributed by atoms with Gasteiger partial charge in [-0.3, -0.25) is 34.2 Å². The van der Waals surface area contributed by atoms with E-state index in [1.54, 1.807) is 18.2 Å². The van der Waals surface area contributed by atoms with Crippen molar-refractivity contribution in [2.45, 2.75) is 0 Å². The molecule has 10 nitrogen and oxygen atoms in total. The smallest absolute Gasteiger partial charge is 0.270 e. The highest BCUT2D eigenvalue weighted by Crippen LogP contribution is 2.26. The second-order valence-electron chi connectivity index (χ2n) is 6.30. The molecule has 1 aliphatic heterocycles. The summed E-state index contributed by atoms with van der Waals surface area (Å²) in [5.41, 5.74) is -0.0615. The molecular weight excluding hydrogens is 416 g/mol. The Morgan fingerprint density at radius 1 is 1.00 bits per heavy atom. The number of fused-ring (bicyclic) bond motifs is 1. The van der Waals surface area contributed by atoms with Crippen LogP contribution in [0.1, 0.15) is 31.1 Å². The summed E-state index contributed by atoms with van der Waals surface area (Å²) in [5, 5.41) is 16.4. The van der Waals surface area contributed by atoms with Crippen LogP contribution in [0.3, 0.4) is 0 Å². The van der Waals surface area contributed by atoms with Crippen molar-refractivity contribution in [3.05, 3.63) is 74.3 Å². The number of hydrogen-bond donors (Lipinski definition) is 2. The first-order valence-electron chi connectivity index (χ1n) is 8.73. The van der Waals surface area contributed by atoms with Crippen LogP contribution in [0.5, 0.6) is 0 Å². The average molecular weight is 431 g/mol. The lowest BCUT2D eigenvalue weighted by Crippen LogP contribution is -2.42. The molecule has 0 radical (unpaired) electrons. The molecule has 2 N–H and O–H groups in total. The predicted octanol–water partition coefficient (Wildman–Crippen LogP) is 1.39. The second-order valence-corrected chi connectivity index (χ2v) is 6.74. The molecule has 3 rings (SSSR count). The van der Waals surface area contributed by atoms with Crippen LogP contribution in [-0.2, 0) is 4.79 Å². The van der Waals surface area contributed by atoms with E-state index in [-0.39, 0.29) is 35.8 Å². The van der Waals surface area contributed by atoms with Crippen molar-refractivity contribution < 1.29 is 24.1 Å². The Kier molecular flexibility index (Phi) is 6.07. The predicted molar refractivity (Wildman–Crippen MR) is 105 cm³/mol. The third-order valence-electron chi connectivity index (χ3n) is 4.29. The van der Waals surface area contributed by atoms with E-state index in [1.165, 1.54) is 12.1 Å². The number of carbonyl (C=O) groups is 4. The lowest BCUT2D eigenvalue weighted by molar-refractivity contribution is -0.384. The standard InChI is InChI=1S/C19H15ClN4O6/c20-12-3-1-2-11(8-12)17(26)22-7-6-21-16(25)10-23-18(27)14-5-4-13(24(29)30)9-15(14)19(23)28/h1-5,8-9H,6-7,10H2,(H,21,25)(H,22,26). The zero-order valence-corrected chi connectivity index (χ0v) is 16.1. The van der Waals surface area contributed by atoms with Crippen LogP contribution < -0.4 is 10.6 Å². The fourth-order valence-electron chi connectivity index (χ4n) is 2.85. The van der Waals surface area contributed by atoms with Crippen LogP contribution in [0, 0.1) is 10.1 Å². The van der Waals surface area contributed by atoms with Gasteiger partial charge in [-0.2, -0.15) is 0 Å². The van der Waals surface area contributed by atoms with E-state index in [0.29, 0.717) is 15.5 Å². The minimum absolute atomic E-state index is 0.00665. The van der Waals surface area contributed by atoms with Gasteiger partial charge in [0.05, 0.1) is 16.1 Å². The molecule has 154 valence electrons. The Hall–Kier alpha value is -3.79. The van der Waals surface area contributed by atoms with Gasteiger partial charge in [0.1, 0.15) is 6.54 Å². The molecule has 0 saturated carbocycles. The van der Waals surface area contributed by atoms with Crippen LogP contribution in [0.15, 0.2) is 42.5 Å². The number of hydrogen-bond acceptors (Lipinski definition) is 6. The van der Waals surface area contributed by atoms with Gasteiger partial charge in [0.2, 0.25) is 5.91 Å². The molecule has 1 aliphatic rings. The Bertz CT molecular complexity index is 1070. The number of amides is 4. The number of non-ortho nitro benzene ring substituents is 1. The zero-order valence-electron chi connectivity index (χ0n) is 15.4. The Balaban J connectivity index is 1.50. The van der Waals surface area contributed by atoms with E-state index in [9.17, 15) is 29.3 Å². The molecule has 2 aromatic rings. The van der Waals surface area contributed by atoms with E-state index in [2.05, 4.69) is 10.6 Å². The number of carbonyl (C=O) groups excluding carboxylic acids is 4. The first-order valence-corrected chi connectivity index (χ1v) is 9.11. The number of nitro benzene ring substituents is 1. The van der Waals surface area contributed by atoms with Gasteiger partial charge in [0.15, 0.2) is 0 Å². The fourth-order valence-corrected chi connectivity index (χ4v) is 3.04. The van der Waals surface area contributed by atoms with Crippen molar-refractivity contribution in [2.24, 2.45) is 0 Å². The summed E-state index contributed by atoms with van der Waals surface area (Å²) in [6, 6.07) is 9.69. The van der Waals surface area contributed by atoms with Crippen LogP contribution in [0.2, 0.25) is 5.02 Å². The number of halogens is 1. The van der Waals surface area contributed by atoms with Crippen molar-refractivity contribution >= 4 is 40.9 Å². The van der Waals surface area contributed by atoms with Gasteiger partial charge in [0, 0.05) is 35.8 Å². The highest BCUT2D eigenvalue weighted by molar-refractivity contribution is 6.31. The van der Waals surface area contributed by atoms with E-state index in [0.717, 1.165) is 12.1 Å². The summed E-state index contributed by atoms with van der Waals surface area (Å²) in [6.45, 7) is -0.354. The summed E-state index contributed by atoms with van der Waals surface area (Å²) in [5.74, 6) is -2.46. The van der Waals surface area contributed by atoms with Gasteiger partial charge in [-0.1, -0.05) is 17.7 Å². The number of benzene rings is 2. The Morgan fingerprint density at radius 2 is 1.70 bits per heavy atom. The number of nitro groups is 1. The molecule has 0 saturated heterocycles. The molecule has 4 amide bonds. The van der Waals surface area contributed by atoms with Gasteiger partial charge in [-0.05, 0) is 24.3 Å². The number of nitrogens with one attached hydrogen (secondary N) is 2. The highest BCUT2D eigenvalue weighted by atomic mass is 35.5. The van der Waals surface area contributed by atoms with Crippen molar-refractivity contribution in [1.29, 1.82) is 0 Å². The highest BCUT2D eigenvalue weighted by Gasteiger charge is 2.37. The lowest BCUT2D eigenvalue weighted by atomic mass is 10.1. The SMILES string of the molecule is O=C(CN1C(=O)c2ccc([N+](=O)[O-])cc2C1=O)NCCNC(=O)c1cccc(Cl)c1. The summed E-state index contributed by atoms with van der Waals surface area (Å²) in [6.07, 6.45) is 0. The van der Waals surface area contributed by atoms with Crippen LogP contribution in [0.25, 0.3) is 0 Å². The largest absolute Gasteiger partial charge is 0.353 e. The molecule has 0 spiro atoms. The summed E-state index contributed by atoms with van der Waals surface area (Å²) in [4.78, 5) is 59.6. The Morgan fingerprint density at radius 3 is 2.40 bits per heavy atom. The van der Waals surface area contributed by atoms with E-state index >= 15 is 0 Å². The minimum atomic E-state index is -0.775. The van der Waals surface area contributed by atoms with E-state index in [1.807, 2.05) is 0 Å². The van der Waals surface area contributed by atoms with Crippen LogP contribution in [-0.4, -0.2) is 53.1 Å². The third kappa shape index (κ3) is 4.44. The summed E-state index contributed by atoms with van der Waals surface area (Å²) in [7, 11) is 0. The fraction of sp³-hybridized carbons (Fsp3) is 0.158. The first-order chi connectivity index (χ1) is 14.3. The average Bonchev–Trinajstić information content (AvgIpc) is 2.95. The molecule has 0 aliphatic carbocycles. The van der Waals surface area contributed by atoms with E-state index < -0.39 is 29.2 Å². The van der Waals surface area contributed by atoms with Gasteiger partial charge in [-0.15, -0.1) is 0 Å². The van der Waals surface area contributed by atoms with Crippen molar-refractivity contribution in [3.8, 4) is 0 Å². The maximum absolute atomic E-state index is 12.4. The summed E-state index contributed by atoms with van der Waals surface area (Å²) >= 11 is 5.82. The zero-order chi connectivity index (χ0) is 21.8. The Labute approximate surface area is 174 Å². The molecule has 2 aromatic carbocycles. The summed E-state index contributed by atoms with van der Waals surface area (Å²) < 4.78 is 0. The number of rotatable bonds is 7. The first kappa shape index (κ1) is 20.9. The van der Waals surface area contributed by atoms with Gasteiger partial charge in [-0.25, -0.2) is 0 Å². The lowest BCUT2D eigenvalue weighted by Gasteiger charge is -2.13. The molecule has 0 bridgehead atoms. The molecule has 0 atom stereocenters. The van der Waals surface area contributed by atoms with Gasteiger partial charge < -0.3 is 10.6 Å². The monoisotopic (exact) mass is 430 g/mol. The molecule has 30 heavy (non-hydrogen) atoms. The van der Waals surface area contributed by atoms with Crippen molar-refractivity contribution in [1.82, 2.24) is 15.5 Å². The maximum atomic E-state index is 12.4. The topological polar surface area (TPSA) is 139 Å². The molecule has 0 unspecified atom stereocenters. The third-order valence-corrected chi connectivity index (χ3v) is 4.52. The normalized spacial score (nSPS) is 12.5.